The molecule has 7 nitrogen and oxygen atoms in total. The summed E-state index contributed by atoms with van der Waals surface area (Å²) in [6, 6.07) is 7.55. The number of carbonyl (C=O) groups is 1. The van der Waals surface area contributed by atoms with E-state index in [-0.39, 0.29) is 12.6 Å². The molecule has 21 heavy (non-hydrogen) atoms. The lowest BCUT2D eigenvalue weighted by molar-refractivity contribution is -0.145. The minimum absolute atomic E-state index is 0.136. The first-order valence-electron chi connectivity index (χ1n) is 6.48. The Morgan fingerprint density at radius 1 is 1.29 bits per heavy atom. The molecule has 112 valence electrons. The fraction of sp³-hybridized carbons (Fsp3) is 0.357. The molecule has 0 bridgehead atoms. The lowest BCUT2D eigenvalue weighted by Crippen LogP contribution is -2.15. The summed E-state index contributed by atoms with van der Waals surface area (Å²) in [6.07, 6.45) is 0. The highest BCUT2D eigenvalue weighted by Gasteiger charge is 2.12. The van der Waals surface area contributed by atoms with Crippen molar-refractivity contribution in [3.8, 4) is 23.1 Å². The Labute approximate surface area is 122 Å². The monoisotopic (exact) mass is 291 g/mol. The highest BCUT2D eigenvalue weighted by Crippen LogP contribution is 2.21. The first-order chi connectivity index (χ1) is 10.1. The molecule has 0 spiro atoms. The van der Waals surface area contributed by atoms with Crippen molar-refractivity contribution in [1.82, 2.24) is 14.8 Å². The summed E-state index contributed by atoms with van der Waals surface area (Å²) in [6.45, 7) is 1.84. The topological polar surface area (TPSA) is 75.5 Å². The molecule has 0 unspecified atom stereocenters. The average Bonchev–Trinajstić information content (AvgIpc) is 2.87. The first-order valence-corrected chi connectivity index (χ1v) is 6.48. The molecule has 1 aromatic carbocycles. The van der Waals surface area contributed by atoms with Crippen LogP contribution in [-0.4, -0.2) is 41.1 Å². The maximum Gasteiger partial charge on any atom is 0.344 e. The maximum atomic E-state index is 11.2. The number of carbonyl (C=O) groups excluding carboxylic acids is 1. The average molecular weight is 291 g/mol. The molecule has 0 saturated carbocycles. The minimum atomic E-state index is -0.448. The molecule has 0 fully saturated rings. The molecule has 0 atom stereocenters. The van der Waals surface area contributed by atoms with Crippen molar-refractivity contribution in [3.63, 3.8) is 0 Å². The van der Waals surface area contributed by atoms with E-state index in [1.165, 1.54) is 0 Å². The molecule has 2 aromatic rings. The van der Waals surface area contributed by atoms with E-state index in [0.29, 0.717) is 12.4 Å². The number of aromatic nitrogens is 3. The summed E-state index contributed by atoms with van der Waals surface area (Å²) in [5.74, 6) is 0.951. The fourth-order valence-corrected chi connectivity index (χ4v) is 1.74. The van der Waals surface area contributed by atoms with E-state index in [2.05, 4.69) is 10.1 Å². The number of benzene rings is 1. The number of esters is 1. The van der Waals surface area contributed by atoms with Crippen molar-refractivity contribution in [2.45, 2.75) is 6.92 Å². The zero-order chi connectivity index (χ0) is 15.2. The van der Waals surface area contributed by atoms with Gasteiger partial charge in [0.25, 0.3) is 0 Å². The Balaban J connectivity index is 2.09. The summed E-state index contributed by atoms with van der Waals surface area (Å²) < 4.78 is 16.7. The van der Waals surface area contributed by atoms with Crippen molar-refractivity contribution >= 4 is 5.97 Å². The molecule has 0 radical (unpaired) electrons. The highest BCUT2D eigenvalue weighted by atomic mass is 16.6. The predicted molar refractivity (Wildman–Crippen MR) is 75.1 cm³/mol. The zero-order valence-corrected chi connectivity index (χ0v) is 12.2. The number of rotatable bonds is 6. The molecule has 7 heteroatoms. The van der Waals surface area contributed by atoms with E-state index in [0.717, 1.165) is 11.3 Å². The molecular formula is C14H17N3O4. The van der Waals surface area contributed by atoms with Crippen LogP contribution < -0.4 is 9.47 Å². The van der Waals surface area contributed by atoms with Crippen molar-refractivity contribution < 1.29 is 19.0 Å². The van der Waals surface area contributed by atoms with Crippen LogP contribution in [-0.2, 0) is 16.6 Å². The van der Waals surface area contributed by atoms with Gasteiger partial charge in [-0.2, -0.15) is 4.98 Å². The van der Waals surface area contributed by atoms with Gasteiger partial charge < -0.3 is 14.2 Å². The summed E-state index contributed by atoms with van der Waals surface area (Å²) in [5, 5.41) is 4.11. The quantitative estimate of drug-likeness (QED) is 0.749. The molecule has 0 aliphatic rings. The van der Waals surface area contributed by atoms with E-state index in [1.54, 1.807) is 25.8 Å². The standard InChI is InChI=1S/C14H17N3O4/c1-4-20-12(18)9-21-14-15-13(17(2)16-14)10-5-7-11(19-3)8-6-10/h5-8H,4,9H2,1-3H3. The summed E-state index contributed by atoms with van der Waals surface area (Å²) in [4.78, 5) is 15.5. The van der Waals surface area contributed by atoms with Gasteiger partial charge in [-0.15, -0.1) is 5.10 Å². The fourth-order valence-electron chi connectivity index (χ4n) is 1.74. The third-order valence-electron chi connectivity index (χ3n) is 2.72. The van der Waals surface area contributed by atoms with Gasteiger partial charge in [0, 0.05) is 12.6 Å². The Kier molecular flexibility index (Phi) is 4.76. The van der Waals surface area contributed by atoms with Crippen LogP contribution >= 0.6 is 0 Å². The second-order valence-electron chi connectivity index (χ2n) is 4.16. The van der Waals surface area contributed by atoms with Gasteiger partial charge in [-0.3, -0.25) is 0 Å². The third-order valence-corrected chi connectivity index (χ3v) is 2.72. The van der Waals surface area contributed by atoms with Crippen LogP contribution in [0.15, 0.2) is 24.3 Å². The molecular weight excluding hydrogens is 274 g/mol. The van der Waals surface area contributed by atoms with Crippen molar-refractivity contribution in [3.05, 3.63) is 24.3 Å². The minimum Gasteiger partial charge on any atom is -0.497 e. The van der Waals surface area contributed by atoms with Crippen molar-refractivity contribution in [1.29, 1.82) is 0 Å². The highest BCUT2D eigenvalue weighted by molar-refractivity contribution is 5.70. The lowest BCUT2D eigenvalue weighted by atomic mass is 10.2. The molecule has 0 aliphatic heterocycles. The molecule has 0 aliphatic carbocycles. The number of aryl methyl sites for hydroxylation is 1. The largest absolute Gasteiger partial charge is 0.497 e. The first kappa shape index (κ1) is 14.8. The van der Waals surface area contributed by atoms with Crippen molar-refractivity contribution in [2.75, 3.05) is 20.3 Å². The van der Waals surface area contributed by atoms with Gasteiger partial charge in [-0.05, 0) is 31.2 Å². The number of nitrogens with zero attached hydrogens (tertiary/aromatic N) is 3. The van der Waals surface area contributed by atoms with Gasteiger partial charge in [0.2, 0.25) is 0 Å². The number of hydrogen-bond donors (Lipinski definition) is 0. The summed E-state index contributed by atoms with van der Waals surface area (Å²) in [5.41, 5.74) is 0.872. The van der Waals surface area contributed by atoms with Gasteiger partial charge >= 0.3 is 12.0 Å². The smallest absolute Gasteiger partial charge is 0.344 e. The molecule has 1 heterocycles. The Hall–Kier alpha value is -2.57. The molecule has 0 amide bonds. The lowest BCUT2D eigenvalue weighted by Gasteiger charge is -2.02. The second kappa shape index (κ2) is 6.74. The van der Waals surface area contributed by atoms with Crippen LogP contribution in [0.2, 0.25) is 0 Å². The normalized spacial score (nSPS) is 10.2. The van der Waals surface area contributed by atoms with E-state index < -0.39 is 5.97 Å². The van der Waals surface area contributed by atoms with Gasteiger partial charge in [0.1, 0.15) is 5.75 Å². The Morgan fingerprint density at radius 2 is 2.00 bits per heavy atom. The van der Waals surface area contributed by atoms with Gasteiger partial charge in [-0.25, -0.2) is 9.48 Å². The van der Waals surface area contributed by atoms with E-state index >= 15 is 0 Å². The maximum absolute atomic E-state index is 11.2. The molecule has 2 rings (SSSR count). The molecule has 0 saturated heterocycles. The molecule has 1 aromatic heterocycles. The predicted octanol–water partition coefficient (Wildman–Crippen LogP) is 1.43. The zero-order valence-electron chi connectivity index (χ0n) is 12.2. The Bertz CT molecular complexity index is 607. The van der Waals surface area contributed by atoms with Crippen LogP contribution in [0.5, 0.6) is 11.8 Å². The SMILES string of the molecule is CCOC(=O)COc1nc(-c2ccc(OC)cc2)n(C)n1. The number of methoxy groups -OCH3 is 1. The third kappa shape index (κ3) is 3.71. The van der Waals surface area contributed by atoms with Crippen LogP contribution in [0.4, 0.5) is 0 Å². The van der Waals surface area contributed by atoms with Crippen molar-refractivity contribution in [2.24, 2.45) is 7.05 Å². The van der Waals surface area contributed by atoms with E-state index in [1.807, 2.05) is 24.3 Å². The summed E-state index contributed by atoms with van der Waals surface area (Å²) >= 11 is 0. The van der Waals surface area contributed by atoms with Gasteiger partial charge in [0.15, 0.2) is 12.4 Å². The Morgan fingerprint density at radius 3 is 2.62 bits per heavy atom. The van der Waals surface area contributed by atoms with Crippen LogP contribution in [0, 0.1) is 0 Å². The van der Waals surface area contributed by atoms with Crippen LogP contribution in [0.1, 0.15) is 6.92 Å². The van der Waals surface area contributed by atoms with Crippen LogP contribution in [0.3, 0.4) is 0 Å². The van der Waals surface area contributed by atoms with Crippen LogP contribution in [0.25, 0.3) is 11.4 Å². The van der Waals surface area contributed by atoms with E-state index in [9.17, 15) is 4.79 Å². The van der Waals surface area contributed by atoms with E-state index in [4.69, 9.17) is 14.2 Å². The van der Waals surface area contributed by atoms with Gasteiger partial charge in [0.05, 0.1) is 13.7 Å². The number of hydrogen-bond acceptors (Lipinski definition) is 6. The molecule has 0 N–H and O–H groups in total. The second-order valence-corrected chi connectivity index (χ2v) is 4.16. The number of ether oxygens (including phenoxy) is 3. The summed E-state index contributed by atoms with van der Waals surface area (Å²) in [7, 11) is 3.36. The van der Waals surface area contributed by atoms with Gasteiger partial charge in [-0.1, -0.05) is 0 Å².